The molecule has 0 heterocycles. The molecule has 0 saturated heterocycles. The quantitative estimate of drug-likeness (QED) is 0.191. The molecule has 2 aliphatic rings. The lowest BCUT2D eigenvalue weighted by atomic mass is 9.87. The summed E-state index contributed by atoms with van der Waals surface area (Å²) >= 11 is 0. The van der Waals surface area contributed by atoms with E-state index in [2.05, 4.69) is 24.0 Å². The van der Waals surface area contributed by atoms with Gasteiger partial charge in [-0.25, -0.2) is 0 Å². The highest BCUT2D eigenvalue weighted by Gasteiger charge is 2.45. The molecule has 0 aliphatic heterocycles. The Hall–Kier alpha value is -1.99. The predicted molar refractivity (Wildman–Crippen MR) is 107 cm³/mol. The van der Waals surface area contributed by atoms with Crippen LogP contribution in [0.15, 0.2) is 35.1 Å². The smallest absolute Gasteiger partial charge is 0.303 e. The molecule has 2 aliphatic carbocycles. The molecular weight excluding hydrogens is 340 g/mol. The summed E-state index contributed by atoms with van der Waals surface area (Å²) in [5, 5.41) is 28.8. The van der Waals surface area contributed by atoms with Crippen LogP contribution in [0.2, 0.25) is 0 Å². The van der Waals surface area contributed by atoms with Crippen molar-refractivity contribution in [2.75, 3.05) is 6.61 Å². The number of aliphatic carboxylic acids is 1. The van der Waals surface area contributed by atoms with Crippen molar-refractivity contribution >= 4 is 5.97 Å². The molecule has 4 heteroatoms. The highest BCUT2D eigenvalue weighted by atomic mass is 16.4. The zero-order valence-electron chi connectivity index (χ0n) is 16.4. The van der Waals surface area contributed by atoms with E-state index in [1.165, 1.54) is 5.57 Å². The third-order valence-electron chi connectivity index (χ3n) is 5.98. The molecule has 0 aromatic carbocycles. The number of aliphatic hydroxyl groups excluding tert-OH is 2. The Bertz CT molecular complexity index is 674. The van der Waals surface area contributed by atoms with Gasteiger partial charge in [-0.15, -0.1) is 5.92 Å². The Morgan fingerprint density at radius 3 is 2.74 bits per heavy atom. The van der Waals surface area contributed by atoms with Gasteiger partial charge in [0, 0.05) is 19.4 Å². The number of rotatable bonds is 8. The number of carbonyl (C=O) groups is 1. The van der Waals surface area contributed by atoms with Crippen LogP contribution in [0.3, 0.4) is 0 Å². The summed E-state index contributed by atoms with van der Waals surface area (Å²) in [6, 6.07) is 0. The zero-order chi connectivity index (χ0) is 19.8. The standard InChI is InChI=1S/C23H32O4/c1-3-4-7-16(2)22(25)11-10-20-19(15-24)14-18-12-17(13-21(18)20)8-5-6-9-23(26)27/h8,10-11,18-21,24-25H,5-7,9,12-15H2,1-2H3,(H,26,27)/b11-10+,17-8+,22-16-/t18-,19-,20-,21-/m0/s1. The van der Waals surface area contributed by atoms with Gasteiger partial charge in [0.25, 0.3) is 0 Å². The van der Waals surface area contributed by atoms with Crippen LogP contribution in [0.5, 0.6) is 0 Å². The van der Waals surface area contributed by atoms with Gasteiger partial charge in [-0.05, 0) is 81.3 Å². The van der Waals surface area contributed by atoms with Crippen LogP contribution in [0, 0.1) is 35.5 Å². The van der Waals surface area contributed by atoms with Crippen molar-refractivity contribution in [2.45, 2.75) is 58.8 Å². The molecule has 148 valence electrons. The number of aliphatic hydroxyl groups is 2. The minimum Gasteiger partial charge on any atom is -0.508 e. The lowest BCUT2D eigenvalue weighted by Crippen LogP contribution is -2.15. The Morgan fingerprint density at radius 1 is 1.30 bits per heavy atom. The van der Waals surface area contributed by atoms with Gasteiger partial charge in [-0.1, -0.05) is 23.6 Å². The average Bonchev–Trinajstić information content (AvgIpc) is 3.18. The van der Waals surface area contributed by atoms with E-state index in [0.717, 1.165) is 31.3 Å². The maximum Gasteiger partial charge on any atom is 0.303 e. The Morgan fingerprint density at radius 2 is 2.07 bits per heavy atom. The fourth-order valence-corrected chi connectivity index (χ4v) is 4.52. The fraction of sp³-hybridized carbons (Fsp3) is 0.609. The molecule has 2 rings (SSSR count). The van der Waals surface area contributed by atoms with Crippen LogP contribution >= 0.6 is 0 Å². The summed E-state index contributed by atoms with van der Waals surface area (Å²) in [5.74, 6) is 6.97. The lowest BCUT2D eigenvalue weighted by molar-refractivity contribution is -0.137. The van der Waals surface area contributed by atoms with Crippen LogP contribution in [0.1, 0.15) is 58.8 Å². The number of carboxylic acids is 1. The van der Waals surface area contributed by atoms with Gasteiger partial charge in [0.2, 0.25) is 0 Å². The first kappa shape index (κ1) is 21.3. The van der Waals surface area contributed by atoms with Crippen LogP contribution in [0.4, 0.5) is 0 Å². The van der Waals surface area contributed by atoms with Crippen molar-refractivity contribution in [1.29, 1.82) is 0 Å². The number of carboxylic acid groups (broad SMARTS) is 1. The lowest BCUT2D eigenvalue weighted by Gasteiger charge is -2.19. The second-order valence-electron chi connectivity index (χ2n) is 7.86. The molecule has 0 unspecified atom stereocenters. The number of hydrogen-bond acceptors (Lipinski definition) is 3. The topological polar surface area (TPSA) is 77.8 Å². The van der Waals surface area contributed by atoms with E-state index in [-0.39, 0.29) is 30.6 Å². The molecule has 0 aromatic heterocycles. The normalized spacial score (nSPS) is 29.5. The molecule has 4 atom stereocenters. The second-order valence-corrected chi connectivity index (χ2v) is 7.86. The second kappa shape index (κ2) is 10.4. The summed E-state index contributed by atoms with van der Waals surface area (Å²) in [6.45, 7) is 3.86. The van der Waals surface area contributed by atoms with E-state index in [9.17, 15) is 15.0 Å². The molecule has 2 saturated carbocycles. The average molecular weight is 373 g/mol. The molecule has 0 bridgehead atoms. The molecule has 0 amide bonds. The van der Waals surface area contributed by atoms with Crippen LogP contribution in [-0.4, -0.2) is 27.9 Å². The third-order valence-corrected chi connectivity index (χ3v) is 5.98. The Labute approximate surface area is 162 Å². The van der Waals surface area contributed by atoms with Crippen LogP contribution in [-0.2, 0) is 4.79 Å². The molecule has 2 fully saturated rings. The first-order valence-corrected chi connectivity index (χ1v) is 9.93. The van der Waals surface area contributed by atoms with Crippen molar-refractivity contribution < 1.29 is 20.1 Å². The summed E-state index contributed by atoms with van der Waals surface area (Å²) in [5.41, 5.74) is 2.29. The van der Waals surface area contributed by atoms with Crippen LogP contribution in [0.25, 0.3) is 0 Å². The van der Waals surface area contributed by atoms with E-state index in [1.807, 2.05) is 6.92 Å². The molecular formula is C23H32O4. The Kier molecular flexibility index (Phi) is 8.19. The number of allylic oxidation sites excluding steroid dienone is 5. The summed E-state index contributed by atoms with van der Waals surface area (Å²) in [7, 11) is 0. The maximum absolute atomic E-state index is 10.6. The van der Waals surface area contributed by atoms with E-state index in [1.54, 1.807) is 13.0 Å². The van der Waals surface area contributed by atoms with Crippen molar-refractivity contribution in [3.63, 3.8) is 0 Å². The van der Waals surface area contributed by atoms with Crippen molar-refractivity contribution in [2.24, 2.45) is 23.7 Å². The van der Waals surface area contributed by atoms with Gasteiger partial charge in [-0.3, -0.25) is 4.79 Å². The van der Waals surface area contributed by atoms with E-state index >= 15 is 0 Å². The minimum absolute atomic E-state index is 0.185. The maximum atomic E-state index is 10.6. The van der Waals surface area contributed by atoms with E-state index < -0.39 is 5.97 Å². The van der Waals surface area contributed by atoms with Crippen molar-refractivity contribution in [3.05, 3.63) is 35.1 Å². The van der Waals surface area contributed by atoms with E-state index in [4.69, 9.17) is 5.11 Å². The Balaban J connectivity index is 2.01. The number of unbranched alkanes of at least 4 members (excludes halogenated alkanes) is 1. The van der Waals surface area contributed by atoms with Crippen molar-refractivity contribution in [3.8, 4) is 11.8 Å². The van der Waals surface area contributed by atoms with E-state index in [0.29, 0.717) is 24.7 Å². The summed E-state index contributed by atoms with van der Waals surface area (Å²) < 4.78 is 0. The molecule has 0 aromatic rings. The molecule has 0 spiro atoms. The molecule has 0 radical (unpaired) electrons. The molecule has 4 nitrogen and oxygen atoms in total. The van der Waals surface area contributed by atoms with Gasteiger partial charge in [0.05, 0.1) is 0 Å². The summed E-state index contributed by atoms with van der Waals surface area (Å²) in [4.78, 5) is 10.6. The fourth-order valence-electron chi connectivity index (χ4n) is 4.52. The largest absolute Gasteiger partial charge is 0.508 e. The monoisotopic (exact) mass is 372 g/mol. The van der Waals surface area contributed by atoms with Crippen LogP contribution < -0.4 is 0 Å². The molecule has 3 N–H and O–H groups in total. The predicted octanol–water partition coefficient (Wildman–Crippen LogP) is 4.62. The third kappa shape index (κ3) is 6.01. The zero-order valence-corrected chi connectivity index (χ0v) is 16.4. The highest BCUT2D eigenvalue weighted by Crippen LogP contribution is 2.53. The first-order valence-electron chi connectivity index (χ1n) is 9.93. The summed E-state index contributed by atoms with van der Waals surface area (Å²) in [6.07, 6.45) is 11.5. The van der Waals surface area contributed by atoms with Crippen molar-refractivity contribution in [1.82, 2.24) is 0 Å². The SMILES string of the molecule is CC#CC/C(C)=C(O)/C=C/[C@H]1[C@H](CO)C[C@@H]2C/C(=C\CCCC(=O)O)C[C@@H]21. The highest BCUT2D eigenvalue weighted by molar-refractivity contribution is 5.66. The first-order chi connectivity index (χ1) is 13.0. The van der Waals surface area contributed by atoms with Gasteiger partial charge in [0.15, 0.2) is 0 Å². The number of hydrogen-bond donors (Lipinski definition) is 3. The van der Waals surface area contributed by atoms with Gasteiger partial charge in [-0.2, -0.15) is 0 Å². The number of fused-ring (bicyclic) bond motifs is 1. The minimum atomic E-state index is -0.735. The molecule has 27 heavy (non-hydrogen) atoms. The van der Waals surface area contributed by atoms with Gasteiger partial charge < -0.3 is 15.3 Å². The van der Waals surface area contributed by atoms with Gasteiger partial charge in [0.1, 0.15) is 5.76 Å². The van der Waals surface area contributed by atoms with Gasteiger partial charge >= 0.3 is 5.97 Å².